The molecule has 1 aromatic carbocycles. The molecule has 0 aromatic heterocycles. The maximum atomic E-state index is 9.87. The van der Waals surface area contributed by atoms with Gasteiger partial charge in [0, 0.05) is 25.6 Å². The number of hydrogen-bond acceptors (Lipinski definition) is 4. The summed E-state index contributed by atoms with van der Waals surface area (Å²) in [6.45, 7) is 4.81. The molecule has 0 spiro atoms. The maximum Gasteiger partial charge on any atom is 0.137 e. The molecule has 2 N–H and O–H groups in total. The molecule has 2 atom stereocenters. The van der Waals surface area contributed by atoms with E-state index < -0.39 is 6.10 Å². The molecule has 1 aromatic rings. The molecule has 2 rings (SSSR count). The van der Waals surface area contributed by atoms with Crippen molar-refractivity contribution in [3.63, 3.8) is 0 Å². The summed E-state index contributed by atoms with van der Waals surface area (Å²) >= 11 is 6.11. The second-order valence-corrected chi connectivity index (χ2v) is 5.79. The minimum absolute atomic E-state index is 0.0127. The lowest BCUT2D eigenvalue weighted by Crippen LogP contribution is -2.46. The van der Waals surface area contributed by atoms with Crippen molar-refractivity contribution >= 4 is 11.6 Å². The Morgan fingerprint density at radius 1 is 1.45 bits per heavy atom. The van der Waals surface area contributed by atoms with Crippen LogP contribution in [0.3, 0.4) is 0 Å². The minimum atomic E-state index is -0.447. The van der Waals surface area contributed by atoms with Crippen molar-refractivity contribution in [1.29, 1.82) is 0 Å². The zero-order chi connectivity index (χ0) is 14.5. The molecule has 1 saturated heterocycles. The van der Waals surface area contributed by atoms with E-state index in [2.05, 4.69) is 4.90 Å². The second kappa shape index (κ2) is 7.27. The largest absolute Gasteiger partial charge is 0.491 e. The van der Waals surface area contributed by atoms with E-state index >= 15 is 0 Å². The summed E-state index contributed by atoms with van der Waals surface area (Å²) in [6.07, 6.45) is 0.375. The fourth-order valence-corrected chi connectivity index (χ4v) is 2.76. The molecule has 0 aliphatic carbocycles. The van der Waals surface area contributed by atoms with Crippen molar-refractivity contribution < 1.29 is 14.9 Å². The molecule has 5 heteroatoms. The first-order valence-corrected chi connectivity index (χ1v) is 7.38. The molecule has 1 aliphatic rings. The van der Waals surface area contributed by atoms with Crippen LogP contribution in [-0.4, -0.2) is 54.1 Å². The van der Waals surface area contributed by atoms with E-state index in [0.717, 1.165) is 25.1 Å². The Labute approximate surface area is 124 Å². The van der Waals surface area contributed by atoms with Gasteiger partial charge in [-0.15, -0.1) is 0 Å². The van der Waals surface area contributed by atoms with Crippen LogP contribution in [0.5, 0.6) is 5.75 Å². The average molecular weight is 300 g/mol. The number of benzene rings is 1. The number of aryl methyl sites for hydroxylation is 1. The number of nitrogens with zero attached hydrogens (tertiary/aromatic N) is 1. The van der Waals surface area contributed by atoms with Gasteiger partial charge in [0.25, 0.3) is 0 Å². The van der Waals surface area contributed by atoms with Crippen molar-refractivity contribution in [2.45, 2.75) is 19.4 Å². The molecular formula is C15H22ClNO3. The van der Waals surface area contributed by atoms with Crippen LogP contribution in [0.4, 0.5) is 0 Å². The van der Waals surface area contributed by atoms with Gasteiger partial charge in [-0.25, -0.2) is 0 Å². The summed E-state index contributed by atoms with van der Waals surface area (Å²) < 4.78 is 5.68. The van der Waals surface area contributed by atoms with Gasteiger partial charge in [0.1, 0.15) is 12.4 Å². The van der Waals surface area contributed by atoms with Crippen molar-refractivity contribution in [2.24, 2.45) is 5.92 Å². The summed E-state index contributed by atoms with van der Waals surface area (Å²) in [5.74, 6) is 0.710. The van der Waals surface area contributed by atoms with Crippen LogP contribution in [0.2, 0.25) is 5.02 Å². The van der Waals surface area contributed by atoms with Gasteiger partial charge in [-0.3, -0.25) is 4.90 Å². The lowest BCUT2D eigenvalue weighted by atomic mass is 9.95. The lowest BCUT2D eigenvalue weighted by molar-refractivity contribution is -0.00493. The molecule has 1 aliphatic heterocycles. The lowest BCUT2D eigenvalue weighted by Gasteiger charge is -2.34. The van der Waals surface area contributed by atoms with Crippen LogP contribution < -0.4 is 4.74 Å². The summed E-state index contributed by atoms with van der Waals surface area (Å²) in [7, 11) is 0. The highest BCUT2D eigenvalue weighted by Crippen LogP contribution is 2.25. The summed E-state index contributed by atoms with van der Waals surface area (Å²) in [4.78, 5) is 2.15. The number of likely N-dealkylation sites (tertiary alicyclic amines) is 1. The van der Waals surface area contributed by atoms with Crippen molar-refractivity contribution in [1.82, 2.24) is 4.90 Å². The first-order valence-electron chi connectivity index (χ1n) is 7.00. The first-order chi connectivity index (χ1) is 9.60. The SMILES string of the molecule is Cc1ccc(OCCN2CC[C@H](CO)[C@@H](O)C2)c(Cl)c1. The van der Waals surface area contributed by atoms with E-state index in [1.807, 2.05) is 25.1 Å². The minimum Gasteiger partial charge on any atom is -0.491 e. The topological polar surface area (TPSA) is 52.9 Å². The normalized spacial score (nSPS) is 23.8. The number of rotatable bonds is 5. The van der Waals surface area contributed by atoms with Gasteiger partial charge in [0.05, 0.1) is 11.1 Å². The van der Waals surface area contributed by atoms with Gasteiger partial charge in [-0.05, 0) is 37.6 Å². The Morgan fingerprint density at radius 3 is 2.90 bits per heavy atom. The van der Waals surface area contributed by atoms with Crippen molar-refractivity contribution in [2.75, 3.05) is 32.8 Å². The van der Waals surface area contributed by atoms with Gasteiger partial charge < -0.3 is 14.9 Å². The Kier molecular flexibility index (Phi) is 5.66. The van der Waals surface area contributed by atoms with Gasteiger partial charge in [0.15, 0.2) is 0 Å². The molecule has 1 heterocycles. The zero-order valence-electron chi connectivity index (χ0n) is 11.8. The van der Waals surface area contributed by atoms with Gasteiger partial charge >= 0.3 is 0 Å². The van der Waals surface area contributed by atoms with Gasteiger partial charge in [0.2, 0.25) is 0 Å². The smallest absolute Gasteiger partial charge is 0.137 e. The Hall–Kier alpha value is -0.810. The number of halogens is 1. The van der Waals surface area contributed by atoms with Crippen molar-refractivity contribution in [3.8, 4) is 5.75 Å². The van der Waals surface area contributed by atoms with E-state index in [4.69, 9.17) is 21.4 Å². The number of β-amino-alcohol motifs (C(OH)–C–C–N with tert-alkyl or cyclic N) is 1. The molecule has 1 fully saturated rings. The zero-order valence-corrected chi connectivity index (χ0v) is 12.5. The average Bonchev–Trinajstić information content (AvgIpc) is 2.41. The Morgan fingerprint density at radius 2 is 2.25 bits per heavy atom. The third-order valence-corrected chi connectivity index (χ3v) is 4.09. The molecule has 0 unspecified atom stereocenters. The summed E-state index contributed by atoms with van der Waals surface area (Å²) in [5.41, 5.74) is 1.11. The fourth-order valence-electron chi connectivity index (χ4n) is 2.47. The second-order valence-electron chi connectivity index (χ2n) is 5.38. The maximum absolute atomic E-state index is 9.87. The van der Waals surface area contributed by atoms with E-state index in [0.29, 0.717) is 23.9 Å². The molecule has 0 amide bonds. The number of aliphatic hydroxyl groups is 2. The van der Waals surface area contributed by atoms with E-state index in [1.165, 1.54) is 0 Å². The first kappa shape index (κ1) is 15.6. The Balaban J connectivity index is 1.76. The van der Waals surface area contributed by atoms with Crippen LogP contribution in [0.25, 0.3) is 0 Å². The molecular weight excluding hydrogens is 278 g/mol. The molecule has 112 valence electrons. The number of hydrogen-bond donors (Lipinski definition) is 2. The van der Waals surface area contributed by atoms with Crippen LogP contribution in [0, 0.1) is 12.8 Å². The number of ether oxygens (including phenoxy) is 1. The summed E-state index contributed by atoms with van der Waals surface area (Å²) in [5, 5.41) is 19.6. The molecule has 20 heavy (non-hydrogen) atoms. The number of piperidine rings is 1. The third kappa shape index (κ3) is 4.09. The van der Waals surface area contributed by atoms with Crippen molar-refractivity contribution in [3.05, 3.63) is 28.8 Å². The Bertz CT molecular complexity index is 441. The van der Waals surface area contributed by atoms with Crippen LogP contribution in [-0.2, 0) is 0 Å². The fraction of sp³-hybridized carbons (Fsp3) is 0.600. The predicted octanol–water partition coefficient (Wildman–Crippen LogP) is 1.70. The van der Waals surface area contributed by atoms with Gasteiger partial charge in [-0.2, -0.15) is 0 Å². The number of aliphatic hydroxyl groups excluding tert-OH is 2. The highest BCUT2D eigenvalue weighted by Gasteiger charge is 2.26. The molecule has 4 nitrogen and oxygen atoms in total. The monoisotopic (exact) mass is 299 g/mol. The van der Waals surface area contributed by atoms with E-state index in [1.54, 1.807) is 0 Å². The molecule has 0 bridgehead atoms. The van der Waals surface area contributed by atoms with Crippen LogP contribution in [0.15, 0.2) is 18.2 Å². The van der Waals surface area contributed by atoms with E-state index in [-0.39, 0.29) is 12.5 Å². The van der Waals surface area contributed by atoms with E-state index in [9.17, 15) is 5.11 Å². The predicted molar refractivity (Wildman–Crippen MR) is 79.3 cm³/mol. The standard InChI is InChI=1S/C15H22ClNO3/c1-11-2-3-15(13(16)8-11)20-7-6-17-5-4-12(10-18)14(19)9-17/h2-3,8,12,14,18-19H,4-7,9-10H2,1H3/t12-,14+/m1/s1. The highest BCUT2D eigenvalue weighted by atomic mass is 35.5. The quantitative estimate of drug-likeness (QED) is 0.869. The van der Waals surface area contributed by atoms with Gasteiger partial charge in [-0.1, -0.05) is 17.7 Å². The molecule has 0 radical (unpaired) electrons. The molecule has 0 saturated carbocycles. The summed E-state index contributed by atoms with van der Waals surface area (Å²) in [6, 6.07) is 5.73. The third-order valence-electron chi connectivity index (χ3n) is 3.79. The van der Waals surface area contributed by atoms with Crippen LogP contribution in [0.1, 0.15) is 12.0 Å². The van der Waals surface area contributed by atoms with Crippen LogP contribution >= 0.6 is 11.6 Å². The highest BCUT2D eigenvalue weighted by molar-refractivity contribution is 6.32.